The van der Waals surface area contributed by atoms with Gasteiger partial charge in [0.15, 0.2) is 17.4 Å². The molecule has 1 aromatic carbocycles. The maximum atomic E-state index is 11.9. The summed E-state index contributed by atoms with van der Waals surface area (Å²) in [5.41, 5.74) is 0.135. The molecule has 0 bridgehead atoms. The van der Waals surface area contributed by atoms with Crippen LogP contribution in [0.15, 0.2) is 46.6 Å². The van der Waals surface area contributed by atoms with Crippen molar-refractivity contribution in [1.82, 2.24) is 0 Å². The molecule has 106 valence electrons. The summed E-state index contributed by atoms with van der Waals surface area (Å²) in [6.07, 6.45) is 2.68. The molecule has 0 aliphatic rings. The van der Waals surface area contributed by atoms with Crippen LogP contribution in [0.25, 0.3) is 6.08 Å². The van der Waals surface area contributed by atoms with E-state index in [2.05, 4.69) is 5.32 Å². The number of anilines is 1. The number of para-hydroxylation sites is 1. The van der Waals surface area contributed by atoms with Gasteiger partial charge in [-0.1, -0.05) is 12.1 Å². The predicted molar refractivity (Wildman–Crippen MR) is 75.6 cm³/mol. The number of carbonyl (C=O) groups is 1. The molecule has 2 N–H and O–H groups in total. The zero-order chi connectivity index (χ0) is 15.2. The fraction of sp³-hybridized carbons (Fsp3) is 0.0667. The van der Waals surface area contributed by atoms with E-state index < -0.39 is 5.91 Å². The number of phenolic OH excluding ortho intramolecular Hbond substituents is 1. The van der Waals surface area contributed by atoms with Gasteiger partial charge < -0.3 is 14.3 Å². The molecule has 0 aliphatic heterocycles. The van der Waals surface area contributed by atoms with Crippen LogP contribution in [0.3, 0.4) is 0 Å². The van der Waals surface area contributed by atoms with Gasteiger partial charge in [0.25, 0.3) is 5.91 Å². The zero-order valence-corrected chi connectivity index (χ0v) is 11.2. The van der Waals surface area contributed by atoms with Crippen molar-refractivity contribution < 1.29 is 19.1 Å². The maximum absolute atomic E-state index is 11.9. The van der Waals surface area contributed by atoms with Crippen molar-refractivity contribution in [3.8, 4) is 17.6 Å². The van der Waals surface area contributed by atoms with Gasteiger partial charge in [0.2, 0.25) is 0 Å². The summed E-state index contributed by atoms with van der Waals surface area (Å²) in [7, 11) is 1.41. The molecule has 0 radical (unpaired) electrons. The van der Waals surface area contributed by atoms with Crippen molar-refractivity contribution in [2.75, 3.05) is 12.4 Å². The Morgan fingerprint density at radius 1 is 1.43 bits per heavy atom. The number of carbonyl (C=O) groups excluding carboxylic acids is 1. The molecule has 2 aromatic rings. The number of hydrogen-bond donors (Lipinski definition) is 2. The number of furan rings is 1. The van der Waals surface area contributed by atoms with Crippen molar-refractivity contribution in [3.05, 3.63) is 47.7 Å². The van der Waals surface area contributed by atoms with E-state index in [9.17, 15) is 9.90 Å². The van der Waals surface area contributed by atoms with E-state index in [0.29, 0.717) is 5.56 Å². The van der Waals surface area contributed by atoms with Gasteiger partial charge in [-0.05, 0) is 18.2 Å². The molecule has 0 fully saturated rings. The minimum Gasteiger partial charge on any atom is -0.504 e. The van der Waals surface area contributed by atoms with Crippen LogP contribution in [0.2, 0.25) is 0 Å². The zero-order valence-electron chi connectivity index (χ0n) is 11.2. The Bertz CT molecular complexity index is 712. The summed E-state index contributed by atoms with van der Waals surface area (Å²) in [6.45, 7) is 0. The number of methoxy groups -OCH3 is 1. The number of rotatable bonds is 4. The Labute approximate surface area is 120 Å². The number of nitriles is 1. The molecule has 1 amide bonds. The van der Waals surface area contributed by atoms with Gasteiger partial charge in [-0.3, -0.25) is 10.1 Å². The molecule has 2 rings (SSSR count). The lowest BCUT2D eigenvalue weighted by Gasteiger charge is -2.06. The van der Waals surface area contributed by atoms with Crippen molar-refractivity contribution in [1.29, 1.82) is 5.26 Å². The van der Waals surface area contributed by atoms with E-state index in [1.807, 2.05) is 0 Å². The third-order valence-corrected chi connectivity index (χ3v) is 2.67. The SMILES string of the molecule is COc1cccc(/C=C(\C#N)C(=O)Nc2ccco2)c1O. The molecule has 0 aliphatic carbocycles. The lowest BCUT2D eigenvalue weighted by atomic mass is 10.1. The fourth-order valence-electron chi connectivity index (χ4n) is 1.65. The third-order valence-electron chi connectivity index (χ3n) is 2.67. The van der Waals surface area contributed by atoms with E-state index >= 15 is 0 Å². The highest BCUT2D eigenvalue weighted by Crippen LogP contribution is 2.30. The minimum absolute atomic E-state index is 0.140. The van der Waals surface area contributed by atoms with E-state index in [-0.39, 0.29) is 23.0 Å². The summed E-state index contributed by atoms with van der Waals surface area (Å²) >= 11 is 0. The summed E-state index contributed by atoms with van der Waals surface area (Å²) in [5, 5.41) is 21.5. The van der Waals surface area contributed by atoms with Gasteiger partial charge in [-0.15, -0.1) is 0 Å². The lowest BCUT2D eigenvalue weighted by molar-refractivity contribution is -0.112. The standard InChI is InChI=1S/C15H12N2O4/c1-20-12-5-2-4-10(14(12)18)8-11(9-16)15(19)17-13-6-3-7-21-13/h2-8,18H,1H3,(H,17,19)/b11-8+. The molecular weight excluding hydrogens is 272 g/mol. The molecule has 6 nitrogen and oxygen atoms in total. The van der Waals surface area contributed by atoms with Crippen LogP contribution in [0, 0.1) is 11.3 Å². The van der Waals surface area contributed by atoms with Crippen LogP contribution in [0.5, 0.6) is 11.5 Å². The quantitative estimate of drug-likeness (QED) is 0.664. The Morgan fingerprint density at radius 2 is 2.24 bits per heavy atom. The summed E-state index contributed by atoms with van der Waals surface area (Å²) < 4.78 is 9.94. The second-order valence-corrected chi connectivity index (χ2v) is 4.00. The van der Waals surface area contributed by atoms with Crippen LogP contribution in [-0.4, -0.2) is 18.1 Å². The highest BCUT2D eigenvalue weighted by Gasteiger charge is 2.13. The number of ether oxygens (including phenoxy) is 1. The van der Waals surface area contributed by atoms with E-state index in [1.165, 1.54) is 19.4 Å². The average molecular weight is 284 g/mol. The first-order valence-corrected chi connectivity index (χ1v) is 5.98. The van der Waals surface area contributed by atoms with Crippen molar-refractivity contribution in [3.63, 3.8) is 0 Å². The summed E-state index contributed by atoms with van der Waals surface area (Å²) in [6, 6.07) is 9.72. The molecule has 6 heteroatoms. The minimum atomic E-state index is -0.630. The molecule has 0 unspecified atom stereocenters. The van der Waals surface area contributed by atoms with Crippen LogP contribution >= 0.6 is 0 Å². The van der Waals surface area contributed by atoms with Crippen LogP contribution in [-0.2, 0) is 4.79 Å². The van der Waals surface area contributed by atoms with Crippen molar-refractivity contribution in [2.24, 2.45) is 0 Å². The molecule has 0 saturated carbocycles. The molecular formula is C15H12N2O4. The van der Waals surface area contributed by atoms with Crippen molar-refractivity contribution in [2.45, 2.75) is 0 Å². The number of benzene rings is 1. The van der Waals surface area contributed by atoms with Gasteiger partial charge in [0.1, 0.15) is 11.6 Å². The van der Waals surface area contributed by atoms with Crippen LogP contribution in [0.4, 0.5) is 5.88 Å². The number of aromatic hydroxyl groups is 1. The van der Waals surface area contributed by atoms with E-state index in [1.54, 1.807) is 36.4 Å². The molecule has 21 heavy (non-hydrogen) atoms. The second kappa shape index (κ2) is 6.30. The average Bonchev–Trinajstić information content (AvgIpc) is 2.99. The maximum Gasteiger partial charge on any atom is 0.268 e. The number of nitrogens with zero attached hydrogens (tertiary/aromatic N) is 1. The molecule has 0 saturated heterocycles. The molecule has 1 heterocycles. The van der Waals surface area contributed by atoms with Gasteiger partial charge >= 0.3 is 0 Å². The highest BCUT2D eigenvalue weighted by molar-refractivity contribution is 6.09. The fourth-order valence-corrected chi connectivity index (χ4v) is 1.65. The number of hydrogen-bond acceptors (Lipinski definition) is 5. The molecule has 0 atom stereocenters. The van der Waals surface area contributed by atoms with E-state index in [0.717, 1.165) is 0 Å². The van der Waals surface area contributed by atoms with Crippen LogP contribution in [0.1, 0.15) is 5.56 Å². The Morgan fingerprint density at radius 3 is 2.86 bits per heavy atom. The number of nitrogens with one attached hydrogen (secondary N) is 1. The number of amides is 1. The monoisotopic (exact) mass is 284 g/mol. The summed E-state index contributed by atoms with van der Waals surface area (Å²) in [4.78, 5) is 11.9. The number of phenols is 1. The predicted octanol–water partition coefficient (Wildman–Crippen LogP) is 2.54. The van der Waals surface area contributed by atoms with E-state index in [4.69, 9.17) is 14.4 Å². The Kier molecular flexibility index (Phi) is 4.26. The highest BCUT2D eigenvalue weighted by atomic mass is 16.5. The third kappa shape index (κ3) is 3.22. The topological polar surface area (TPSA) is 95.5 Å². The van der Waals surface area contributed by atoms with Crippen LogP contribution < -0.4 is 10.1 Å². The largest absolute Gasteiger partial charge is 0.504 e. The molecule has 1 aromatic heterocycles. The first-order valence-electron chi connectivity index (χ1n) is 5.98. The Balaban J connectivity index is 2.29. The van der Waals surface area contributed by atoms with Gasteiger partial charge in [-0.25, -0.2) is 0 Å². The summed E-state index contributed by atoms with van der Waals surface area (Å²) in [5.74, 6) is -0.281. The second-order valence-electron chi connectivity index (χ2n) is 4.00. The van der Waals surface area contributed by atoms with Gasteiger partial charge in [0, 0.05) is 11.6 Å². The van der Waals surface area contributed by atoms with Gasteiger partial charge in [-0.2, -0.15) is 5.26 Å². The lowest BCUT2D eigenvalue weighted by Crippen LogP contribution is -2.12. The Hall–Kier alpha value is -3.20. The normalized spacial score (nSPS) is 10.8. The molecule has 0 spiro atoms. The van der Waals surface area contributed by atoms with Crippen molar-refractivity contribution >= 4 is 17.9 Å². The van der Waals surface area contributed by atoms with Gasteiger partial charge in [0.05, 0.1) is 13.4 Å². The first-order chi connectivity index (χ1) is 10.2. The first kappa shape index (κ1) is 14.2. The smallest absolute Gasteiger partial charge is 0.268 e.